The average molecular weight is 662 g/mol. The van der Waals surface area contributed by atoms with Crippen LogP contribution in [0.2, 0.25) is 0 Å². The molecule has 4 rings (SSSR count). The average Bonchev–Trinajstić information content (AvgIpc) is 3.09. The molecule has 4 aromatic carbocycles. The number of carbonyl (C=O) groups is 2. The molecule has 9 nitrogen and oxygen atoms in total. The van der Waals surface area contributed by atoms with Crippen molar-refractivity contribution in [2.24, 2.45) is 0 Å². The molecule has 0 saturated carbocycles. The summed E-state index contributed by atoms with van der Waals surface area (Å²) in [5, 5.41) is 2.92. The summed E-state index contributed by atoms with van der Waals surface area (Å²) < 4.78 is 55.2. The third-order valence-electron chi connectivity index (χ3n) is 7.67. The van der Waals surface area contributed by atoms with Crippen LogP contribution in [0.1, 0.15) is 30.9 Å². The summed E-state index contributed by atoms with van der Waals surface area (Å²) in [5.74, 6) is -1.12. The molecule has 0 unspecified atom stereocenters. The van der Waals surface area contributed by atoms with Crippen LogP contribution in [0.5, 0.6) is 11.5 Å². The van der Waals surface area contributed by atoms with Crippen LogP contribution >= 0.6 is 0 Å². The van der Waals surface area contributed by atoms with Crippen LogP contribution in [-0.2, 0) is 32.6 Å². The van der Waals surface area contributed by atoms with Crippen LogP contribution in [0.4, 0.5) is 10.1 Å². The highest BCUT2D eigenvalue weighted by Crippen LogP contribution is 2.32. The predicted octanol–water partition coefficient (Wildman–Crippen LogP) is 5.59. The Labute approximate surface area is 276 Å². The fourth-order valence-electron chi connectivity index (χ4n) is 5.10. The van der Waals surface area contributed by atoms with Gasteiger partial charge in [0.15, 0.2) is 11.5 Å². The van der Waals surface area contributed by atoms with Gasteiger partial charge in [-0.2, -0.15) is 0 Å². The van der Waals surface area contributed by atoms with Gasteiger partial charge in [0.2, 0.25) is 11.8 Å². The molecule has 47 heavy (non-hydrogen) atoms. The summed E-state index contributed by atoms with van der Waals surface area (Å²) in [5.41, 5.74) is 1.20. The molecule has 0 saturated heterocycles. The minimum absolute atomic E-state index is 0.132. The lowest BCUT2D eigenvalue weighted by molar-refractivity contribution is -0.140. The number of ether oxygens (including phenoxy) is 2. The van der Waals surface area contributed by atoms with Crippen molar-refractivity contribution in [1.82, 2.24) is 10.2 Å². The molecular formula is C36H40FN3O6S. The lowest BCUT2D eigenvalue weighted by Crippen LogP contribution is -2.53. The molecule has 0 aliphatic rings. The van der Waals surface area contributed by atoms with Gasteiger partial charge in [-0.1, -0.05) is 80.1 Å². The second-order valence-corrected chi connectivity index (χ2v) is 12.7. The number of methoxy groups -OCH3 is 2. The molecule has 0 heterocycles. The van der Waals surface area contributed by atoms with Crippen LogP contribution in [0.25, 0.3) is 0 Å². The first-order chi connectivity index (χ1) is 22.7. The Bertz CT molecular complexity index is 1740. The largest absolute Gasteiger partial charge is 0.493 e. The van der Waals surface area contributed by atoms with E-state index in [1.165, 1.54) is 49.5 Å². The minimum atomic E-state index is -4.37. The van der Waals surface area contributed by atoms with E-state index in [1.54, 1.807) is 42.5 Å². The summed E-state index contributed by atoms with van der Waals surface area (Å²) in [6, 6.07) is 26.5. The minimum Gasteiger partial charge on any atom is -0.493 e. The second-order valence-electron chi connectivity index (χ2n) is 10.8. The van der Waals surface area contributed by atoms with Crippen molar-refractivity contribution in [3.05, 3.63) is 120 Å². The van der Waals surface area contributed by atoms with Gasteiger partial charge in [0.25, 0.3) is 10.0 Å². The van der Waals surface area contributed by atoms with Gasteiger partial charge in [0.1, 0.15) is 18.4 Å². The number of hydrogen-bond acceptors (Lipinski definition) is 6. The number of benzene rings is 4. The summed E-state index contributed by atoms with van der Waals surface area (Å²) in [6.45, 7) is 1.47. The van der Waals surface area contributed by atoms with Gasteiger partial charge in [-0.05, 0) is 42.3 Å². The van der Waals surface area contributed by atoms with Gasteiger partial charge in [-0.3, -0.25) is 13.9 Å². The lowest BCUT2D eigenvalue weighted by atomic mass is 10.0. The smallest absolute Gasteiger partial charge is 0.264 e. The maximum atomic E-state index is 15.1. The number of rotatable bonds is 16. The topological polar surface area (TPSA) is 105 Å². The fraction of sp³-hybridized carbons (Fsp3) is 0.278. The van der Waals surface area contributed by atoms with E-state index in [0.717, 1.165) is 22.7 Å². The summed E-state index contributed by atoms with van der Waals surface area (Å²) in [7, 11) is -1.53. The van der Waals surface area contributed by atoms with Crippen molar-refractivity contribution >= 4 is 27.5 Å². The zero-order valence-corrected chi connectivity index (χ0v) is 27.6. The Morgan fingerprint density at radius 1 is 0.851 bits per heavy atom. The quantitative estimate of drug-likeness (QED) is 0.157. The Balaban J connectivity index is 1.80. The van der Waals surface area contributed by atoms with E-state index >= 15 is 4.39 Å². The van der Waals surface area contributed by atoms with E-state index in [-0.39, 0.29) is 34.9 Å². The van der Waals surface area contributed by atoms with Crippen molar-refractivity contribution in [3.8, 4) is 11.5 Å². The number of unbranched alkanes of at least 4 members (excludes halogenated alkanes) is 1. The zero-order chi connectivity index (χ0) is 33.8. The summed E-state index contributed by atoms with van der Waals surface area (Å²) >= 11 is 0. The summed E-state index contributed by atoms with van der Waals surface area (Å²) in [4.78, 5) is 29.4. The van der Waals surface area contributed by atoms with E-state index in [4.69, 9.17) is 9.47 Å². The number of nitrogens with one attached hydrogen (secondary N) is 1. The maximum Gasteiger partial charge on any atom is 0.264 e. The van der Waals surface area contributed by atoms with E-state index < -0.39 is 40.2 Å². The molecule has 248 valence electrons. The molecule has 0 aromatic heterocycles. The Hall–Kier alpha value is -4.90. The Morgan fingerprint density at radius 3 is 2.13 bits per heavy atom. The summed E-state index contributed by atoms with van der Waals surface area (Å²) in [6.07, 6.45) is 1.71. The Kier molecular flexibility index (Phi) is 12.3. The molecule has 1 atom stereocenters. The SMILES string of the molecule is CCCCNC(=O)[C@@H](Cc1ccccc1)N(Cc1ccccc1F)C(=O)CN(c1ccccc1)S(=O)(=O)c1ccc(OC)c(OC)c1. The van der Waals surface area contributed by atoms with E-state index in [1.807, 2.05) is 37.3 Å². The molecule has 4 aromatic rings. The second kappa shape index (κ2) is 16.6. The van der Waals surface area contributed by atoms with Crippen LogP contribution in [0.15, 0.2) is 108 Å². The molecule has 0 spiro atoms. The number of amides is 2. The third kappa shape index (κ3) is 8.88. The van der Waals surface area contributed by atoms with E-state index in [2.05, 4.69) is 5.32 Å². The van der Waals surface area contributed by atoms with Crippen LogP contribution in [0, 0.1) is 5.82 Å². The highest BCUT2D eigenvalue weighted by molar-refractivity contribution is 7.92. The molecule has 0 aliphatic carbocycles. The van der Waals surface area contributed by atoms with Gasteiger partial charge >= 0.3 is 0 Å². The number of anilines is 1. The first-order valence-corrected chi connectivity index (χ1v) is 16.8. The number of carbonyl (C=O) groups excluding carboxylic acids is 2. The number of halogens is 1. The van der Waals surface area contributed by atoms with Crippen LogP contribution < -0.4 is 19.1 Å². The molecule has 0 bridgehead atoms. The molecule has 11 heteroatoms. The molecule has 2 amide bonds. The number of nitrogens with zero attached hydrogens (tertiary/aromatic N) is 2. The van der Waals surface area contributed by atoms with Gasteiger partial charge in [0, 0.05) is 31.1 Å². The third-order valence-corrected chi connectivity index (χ3v) is 9.44. The molecule has 0 fully saturated rings. The van der Waals surface area contributed by atoms with Gasteiger partial charge in [0.05, 0.1) is 24.8 Å². The monoisotopic (exact) mass is 661 g/mol. The van der Waals surface area contributed by atoms with Gasteiger partial charge in [-0.15, -0.1) is 0 Å². The highest BCUT2D eigenvalue weighted by Gasteiger charge is 2.35. The standard InChI is InChI=1S/C36H40FN3O6S/c1-4-5-22-38-36(42)32(23-27-14-8-6-9-15-27)39(25-28-16-12-13-19-31(28)37)35(41)26-40(29-17-10-7-11-18-29)47(43,44)30-20-21-33(45-2)34(24-30)46-3/h6-21,24,32H,4-5,22-23,25-26H2,1-3H3,(H,38,42)/t32-/m1/s1. The maximum absolute atomic E-state index is 15.1. The highest BCUT2D eigenvalue weighted by atomic mass is 32.2. The molecule has 1 N–H and O–H groups in total. The van der Waals surface area contributed by atoms with Crippen molar-refractivity contribution < 1.29 is 31.9 Å². The Morgan fingerprint density at radius 2 is 1.49 bits per heavy atom. The number of para-hydroxylation sites is 1. The predicted molar refractivity (Wildman–Crippen MR) is 179 cm³/mol. The van der Waals surface area contributed by atoms with E-state index in [0.29, 0.717) is 12.3 Å². The van der Waals surface area contributed by atoms with Crippen molar-refractivity contribution in [3.63, 3.8) is 0 Å². The normalized spacial score (nSPS) is 11.7. The molecule has 0 aliphatic heterocycles. The van der Waals surface area contributed by atoms with Crippen LogP contribution in [0.3, 0.4) is 0 Å². The lowest BCUT2D eigenvalue weighted by Gasteiger charge is -2.34. The first-order valence-electron chi connectivity index (χ1n) is 15.3. The zero-order valence-electron chi connectivity index (χ0n) is 26.8. The molecular weight excluding hydrogens is 621 g/mol. The number of sulfonamides is 1. The fourth-order valence-corrected chi connectivity index (χ4v) is 6.53. The van der Waals surface area contributed by atoms with Crippen LogP contribution in [-0.4, -0.2) is 58.5 Å². The van der Waals surface area contributed by atoms with Gasteiger partial charge in [-0.25, -0.2) is 12.8 Å². The van der Waals surface area contributed by atoms with Crippen molar-refractivity contribution in [2.45, 2.75) is 43.7 Å². The molecule has 0 radical (unpaired) electrons. The first kappa shape index (κ1) is 35.0. The van der Waals surface area contributed by atoms with E-state index in [9.17, 15) is 18.0 Å². The van der Waals surface area contributed by atoms with Crippen molar-refractivity contribution in [2.75, 3.05) is 31.6 Å². The van der Waals surface area contributed by atoms with Crippen molar-refractivity contribution in [1.29, 1.82) is 0 Å². The number of hydrogen-bond donors (Lipinski definition) is 1. The van der Waals surface area contributed by atoms with Gasteiger partial charge < -0.3 is 19.7 Å².